The van der Waals surface area contributed by atoms with E-state index in [1.807, 2.05) is 12.1 Å². The SMILES string of the molecule is C[C@H]1NCCC[C@@H]1C(=O)c1ccc2c(c1)OCO2. The summed E-state index contributed by atoms with van der Waals surface area (Å²) < 4.78 is 10.6. The number of ether oxygens (including phenoxy) is 2. The number of carbonyl (C=O) groups is 1. The van der Waals surface area contributed by atoms with Crippen molar-refractivity contribution in [2.45, 2.75) is 25.8 Å². The summed E-state index contributed by atoms with van der Waals surface area (Å²) in [4.78, 5) is 12.5. The molecule has 3 rings (SSSR count). The second-order valence-electron chi connectivity index (χ2n) is 4.92. The number of Topliss-reactive ketones (excluding diaryl/α,β-unsaturated/α-hetero) is 1. The minimum absolute atomic E-state index is 0.0686. The average molecular weight is 247 g/mol. The molecule has 1 aromatic rings. The smallest absolute Gasteiger partial charge is 0.231 e. The summed E-state index contributed by atoms with van der Waals surface area (Å²) in [6, 6.07) is 5.69. The van der Waals surface area contributed by atoms with Crippen LogP contribution in [0.2, 0.25) is 0 Å². The lowest BCUT2D eigenvalue weighted by Gasteiger charge is -2.28. The molecule has 0 saturated carbocycles. The number of fused-ring (bicyclic) bond motifs is 1. The quantitative estimate of drug-likeness (QED) is 0.812. The number of ketones is 1. The van der Waals surface area contributed by atoms with Gasteiger partial charge in [0.05, 0.1) is 0 Å². The van der Waals surface area contributed by atoms with Gasteiger partial charge in [-0.1, -0.05) is 0 Å². The van der Waals surface area contributed by atoms with Crippen LogP contribution in [0.1, 0.15) is 30.1 Å². The lowest BCUT2D eigenvalue weighted by atomic mass is 9.85. The van der Waals surface area contributed by atoms with Gasteiger partial charge >= 0.3 is 0 Å². The summed E-state index contributed by atoms with van der Waals surface area (Å²) in [6.07, 6.45) is 2.02. The number of hydrogen-bond acceptors (Lipinski definition) is 4. The molecule has 1 N–H and O–H groups in total. The molecule has 2 heterocycles. The van der Waals surface area contributed by atoms with Crippen LogP contribution in [0.5, 0.6) is 11.5 Å². The molecule has 4 heteroatoms. The van der Waals surface area contributed by atoms with Crippen LogP contribution in [0.15, 0.2) is 18.2 Å². The molecule has 1 fully saturated rings. The summed E-state index contributed by atoms with van der Waals surface area (Å²) in [6.45, 7) is 3.33. The standard InChI is InChI=1S/C14H17NO3/c1-9-11(3-2-6-15-9)14(16)10-4-5-12-13(7-10)18-8-17-12/h4-5,7,9,11,15H,2-3,6,8H2,1H3/t9-,11+/m1/s1. The van der Waals surface area contributed by atoms with Gasteiger partial charge in [-0.15, -0.1) is 0 Å². The lowest BCUT2D eigenvalue weighted by molar-refractivity contribution is 0.0866. The van der Waals surface area contributed by atoms with Crippen molar-refractivity contribution in [2.24, 2.45) is 5.92 Å². The molecule has 0 radical (unpaired) electrons. The van der Waals surface area contributed by atoms with E-state index in [-0.39, 0.29) is 24.5 Å². The maximum absolute atomic E-state index is 12.5. The predicted molar refractivity (Wildman–Crippen MR) is 67.1 cm³/mol. The maximum atomic E-state index is 12.5. The number of carbonyl (C=O) groups excluding carboxylic acids is 1. The zero-order chi connectivity index (χ0) is 12.5. The van der Waals surface area contributed by atoms with Crippen LogP contribution >= 0.6 is 0 Å². The van der Waals surface area contributed by atoms with Crippen molar-refractivity contribution in [3.8, 4) is 11.5 Å². The highest BCUT2D eigenvalue weighted by molar-refractivity contribution is 5.99. The van der Waals surface area contributed by atoms with Crippen LogP contribution in [0.25, 0.3) is 0 Å². The number of hydrogen-bond donors (Lipinski definition) is 1. The fourth-order valence-corrected chi connectivity index (χ4v) is 2.67. The van der Waals surface area contributed by atoms with Gasteiger partial charge in [0, 0.05) is 17.5 Å². The largest absolute Gasteiger partial charge is 0.454 e. The van der Waals surface area contributed by atoms with Gasteiger partial charge in [-0.3, -0.25) is 4.79 Å². The van der Waals surface area contributed by atoms with Crippen LogP contribution in [-0.4, -0.2) is 25.2 Å². The molecule has 0 aliphatic carbocycles. The average Bonchev–Trinajstić information content (AvgIpc) is 2.85. The third-order valence-corrected chi connectivity index (χ3v) is 3.76. The third kappa shape index (κ3) is 1.97. The summed E-state index contributed by atoms with van der Waals surface area (Å²) in [5.41, 5.74) is 0.722. The Morgan fingerprint density at radius 3 is 3.00 bits per heavy atom. The van der Waals surface area contributed by atoms with E-state index in [0.29, 0.717) is 5.75 Å². The number of benzene rings is 1. The molecule has 2 aliphatic rings. The van der Waals surface area contributed by atoms with E-state index >= 15 is 0 Å². The minimum Gasteiger partial charge on any atom is -0.454 e. The normalized spacial score (nSPS) is 26.1. The van der Waals surface area contributed by atoms with Gasteiger partial charge < -0.3 is 14.8 Å². The van der Waals surface area contributed by atoms with Crippen LogP contribution in [0, 0.1) is 5.92 Å². The highest BCUT2D eigenvalue weighted by atomic mass is 16.7. The van der Waals surface area contributed by atoms with Gasteiger partial charge in [0.2, 0.25) is 6.79 Å². The molecule has 2 aliphatic heterocycles. The molecule has 1 aromatic carbocycles. The van der Waals surface area contributed by atoms with Crippen LogP contribution in [0.4, 0.5) is 0 Å². The first-order valence-corrected chi connectivity index (χ1v) is 6.43. The molecule has 96 valence electrons. The molecular weight excluding hydrogens is 230 g/mol. The van der Waals surface area contributed by atoms with Crippen LogP contribution in [0.3, 0.4) is 0 Å². The van der Waals surface area contributed by atoms with E-state index in [1.54, 1.807) is 6.07 Å². The molecule has 1 saturated heterocycles. The second-order valence-corrected chi connectivity index (χ2v) is 4.92. The second kappa shape index (κ2) is 4.61. The zero-order valence-corrected chi connectivity index (χ0v) is 10.4. The van der Waals surface area contributed by atoms with Gasteiger partial charge in [-0.25, -0.2) is 0 Å². The highest BCUT2D eigenvalue weighted by Gasteiger charge is 2.29. The van der Waals surface area contributed by atoms with E-state index in [2.05, 4.69) is 12.2 Å². The summed E-state index contributed by atoms with van der Waals surface area (Å²) >= 11 is 0. The van der Waals surface area contributed by atoms with Gasteiger partial charge in [-0.05, 0) is 44.5 Å². The number of rotatable bonds is 2. The van der Waals surface area contributed by atoms with Crippen molar-refractivity contribution in [2.75, 3.05) is 13.3 Å². The monoisotopic (exact) mass is 247 g/mol. The molecule has 18 heavy (non-hydrogen) atoms. The van der Waals surface area contributed by atoms with E-state index in [4.69, 9.17) is 9.47 Å². The lowest BCUT2D eigenvalue weighted by Crippen LogP contribution is -2.42. The fourth-order valence-electron chi connectivity index (χ4n) is 2.67. The Morgan fingerprint density at radius 1 is 1.33 bits per heavy atom. The molecule has 4 nitrogen and oxygen atoms in total. The van der Waals surface area contributed by atoms with Gasteiger partial charge in [0.1, 0.15) is 0 Å². The molecule has 2 atom stereocenters. The van der Waals surface area contributed by atoms with Crippen molar-refractivity contribution in [1.29, 1.82) is 0 Å². The Kier molecular flexibility index (Phi) is 2.96. The van der Waals surface area contributed by atoms with E-state index in [1.165, 1.54) is 0 Å². The molecule has 0 amide bonds. The Labute approximate surface area is 106 Å². The van der Waals surface area contributed by atoms with Crippen molar-refractivity contribution in [3.05, 3.63) is 23.8 Å². The van der Waals surface area contributed by atoms with Crippen LogP contribution in [-0.2, 0) is 0 Å². The predicted octanol–water partition coefficient (Wildman–Crippen LogP) is 1.99. The minimum atomic E-state index is 0.0686. The summed E-state index contributed by atoms with van der Waals surface area (Å²) in [5.74, 6) is 1.67. The Balaban J connectivity index is 1.83. The Bertz CT molecular complexity index is 472. The van der Waals surface area contributed by atoms with Crippen molar-refractivity contribution < 1.29 is 14.3 Å². The summed E-state index contributed by atoms with van der Waals surface area (Å²) in [7, 11) is 0. The maximum Gasteiger partial charge on any atom is 0.231 e. The first-order valence-electron chi connectivity index (χ1n) is 6.43. The zero-order valence-electron chi connectivity index (χ0n) is 10.4. The van der Waals surface area contributed by atoms with Gasteiger partial charge in [0.15, 0.2) is 17.3 Å². The Hall–Kier alpha value is -1.55. The van der Waals surface area contributed by atoms with E-state index in [9.17, 15) is 4.79 Å². The molecular formula is C14H17NO3. The van der Waals surface area contributed by atoms with E-state index in [0.717, 1.165) is 30.7 Å². The number of piperidine rings is 1. The third-order valence-electron chi connectivity index (χ3n) is 3.76. The Morgan fingerprint density at radius 2 is 2.17 bits per heavy atom. The van der Waals surface area contributed by atoms with Gasteiger partial charge in [-0.2, -0.15) is 0 Å². The van der Waals surface area contributed by atoms with Gasteiger partial charge in [0.25, 0.3) is 0 Å². The molecule has 0 aromatic heterocycles. The summed E-state index contributed by atoms with van der Waals surface area (Å²) in [5, 5.41) is 3.36. The van der Waals surface area contributed by atoms with E-state index < -0.39 is 0 Å². The molecule has 0 spiro atoms. The van der Waals surface area contributed by atoms with Crippen LogP contribution < -0.4 is 14.8 Å². The van der Waals surface area contributed by atoms with Crippen molar-refractivity contribution >= 4 is 5.78 Å². The van der Waals surface area contributed by atoms with Crippen molar-refractivity contribution in [1.82, 2.24) is 5.32 Å². The van der Waals surface area contributed by atoms with Crippen molar-refractivity contribution in [3.63, 3.8) is 0 Å². The number of nitrogens with one attached hydrogen (secondary N) is 1. The topological polar surface area (TPSA) is 47.6 Å². The molecule has 0 bridgehead atoms. The first-order chi connectivity index (χ1) is 8.75. The fraction of sp³-hybridized carbons (Fsp3) is 0.500. The molecule has 0 unspecified atom stereocenters. The first kappa shape index (κ1) is 11.5. The highest BCUT2D eigenvalue weighted by Crippen LogP contribution is 2.33.